The molecule has 1 aromatic heterocycles. The summed E-state index contributed by atoms with van der Waals surface area (Å²) >= 11 is 0. The predicted molar refractivity (Wildman–Crippen MR) is 68.3 cm³/mol. The van der Waals surface area contributed by atoms with Gasteiger partial charge in [0, 0.05) is 6.20 Å². The molecule has 6 heteroatoms. The summed E-state index contributed by atoms with van der Waals surface area (Å²) in [4.78, 5) is 3.79. The number of hydrogen-bond donors (Lipinski definition) is 1. The van der Waals surface area contributed by atoms with Crippen LogP contribution in [0.15, 0.2) is 42.6 Å². The average Bonchev–Trinajstić information content (AvgIpc) is 2.45. The zero-order valence-corrected chi connectivity index (χ0v) is 10.7. The van der Waals surface area contributed by atoms with Crippen molar-refractivity contribution in [1.82, 2.24) is 4.98 Å². The summed E-state index contributed by atoms with van der Waals surface area (Å²) in [7, 11) is 1.48. The summed E-state index contributed by atoms with van der Waals surface area (Å²) in [5, 5.41) is 0. The van der Waals surface area contributed by atoms with E-state index in [2.05, 4.69) is 4.98 Å². The van der Waals surface area contributed by atoms with E-state index >= 15 is 0 Å². The van der Waals surface area contributed by atoms with Gasteiger partial charge in [-0.1, -0.05) is 12.1 Å². The van der Waals surface area contributed by atoms with E-state index in [9.17, 15) is 13.2 Å². The van der Waals surface area contributed by atoms with E-state index < -0.39 is 17.8 Å². The number of pyridine rings is 1. The molecule has 0 fully saturated rings. The van der Waals surface area contributed by atoms with E-state index in [1.54, 1.807) is 24.3 Å². The smallest absolute Gasteiger partial charge is 0.418 e. The maximum absolute atomic E-state index is 12.9. The molecule has 106 valence electrons. The molecular weight excluding hydrogens is 269 g/mol. The van der Waals surface area contributed by atoms with Gasteiger partial charge in [-0.15, -0.1) is 0 Å². The third-order valence-corrected chi connectivity index (χ3v) is 2.89. The SMILES string of the molecule is COc1cccc(C(N)c2ncccc2C(F)(F)F)c1. The molecule has 1 aromatic carbocycles. The molecule has 1 atom stereocenters. The van der Waals surface area contributed by atoms with Gasteiger partial charge in [-0.25, -0.2) is 0 Å². The van der Waals surface area contributed by atoms with Crippen LogP contribution in [0.2, 0.25) is 0 Å². The number of nitrogens with two attached hydrogens (primary N) is 1. The summed E-state index contributed by atoms with van der Waals surface area (Å²) < 4.78 is 43.9. The maximum atomic E-state index is 12.9. The van der Waals surface area contributed by atoms with Gasteiger partial charge in [0.1, 0.15) is 5.75 Å². The maximum Gasteiger partial charge on any atom is 0.418 e. The van der Waals surface area contributed by atoms with Gasteiger partial charge in [-0.3, -0.25) is 4.98 Å². The molecule has 0 spiro atoms. The van der Waals surface area contributed by atoms with Crippen LogP contribution in [-0.4, -0.2) is 12.1 Å². The zero-order chi connectivity index (χ0) is 14.8. The Kier molecular flexibility index (Phi) is 3.94. The molecule has 1 heterocycles. The van der Waals surface area contributed by atoms with Crippen molar-refractivity contribution in [2.45, 2.75) is 12.2 Å². The lowest BCUT2D eigenvalue weighted by atomic mass is 10.00. The van der Waals surface area contributed by atoms with E-state index in [4.69, 9.17) is 10.5 Å². The van der Waals surface area contributed by atoms with Gasteiger partial charge in [0.05, 0.1) is 24.4 Å². The number of methoxy groups -OCH3 is 1. The zero-order valence-electron chi connectivity index (χ0n) is 10.7. The van der Waals surface area contributed by atoms with Gasteiger partial charge in [-0.05, 0) is 29.8 Å². The first kappa shape index (κ1) is 14.3. The Balaban J connectivity index is 2.45. The van der Waals surface area contributed by atoms with Gasteiger partial charge in [0.15, 0.2) is 0 Å². The molecule has 0 bridgehead atoms. The molecule has 0 aliphatic rings. The van der Waals surface area contributed by atoms with Crippen LogP contribution < -0.4 is 10.5 Å². The van der Waals surface area contributed by atoms with Crippen LogP contribution in [0.1, 0.15) is 22.9 Å². The van der Waals surface area contributed by atoms with Crippen molar-refractivity contribution in [1.29, 1.82) is 0 Å². The summed E-state index contributed by atoms with van der Waals surface area (Å²) in [6.45, 7) is 0. The molecule has 3 nitrogen and oxygen atoms in total. The highest BCUT2D eigenvalue weighted by Gasteiger charge is 2.35. The van der Waals surface area contributed by atoms with Crippen molar-refractivity contribution in [2.75, 3.05) is 7.11 Å². The van der Waals surface area contributed by atoms with Crippen molar-refractivity contribution in [3.8, 4) is 5.75 Å². The van der Waals surface area contributed by atoms with Crippen molar-refractivity contribution in [3.05, 3.63) is 59.4 Å². The van der Waals surface area contributed by atoms with E-state index in [0.29, 0.717) is 11.3 Å². The topological polar surface area (TPSA) is 48.1 Å². The number of rotatable bonds is 3. The molecule has 0 saturated carbocycles. The van der Waals surface area contributed by atoms with Crippen molar-refractivity contribution in [3.63, 3.8) is 0 Å². The second-order valence-electron chi connectivity index (χ2n) is 4.19. The van der Waals surface area contributed by atoms with Crippen molar-refractivity contribution in [2.24, 2.45) is 5.73 Å². The highest BCUT2D eigenvalue weighted by Crippen LogP contribution is 2.34. The molecule has 2 aromatic rings. The fourth-order valence-electron chi connectivity index (χ4n) is 1.90. The summed E-state index contributed by atoms with van der Waals surface area (Å²) in [5.41, 5.74) is 5.40. The van der Waals surface area contributed by atoms with E-state index in [-0.39, 0.29) is 5.69 Å². The van der Waals surface area contributed by atoms with E-state index in [0.717, 1.165) is 6.07 Å². The largest absolute Gasteiger partial charge is 0.497 e. The lowest BCUT2D eigenvalue weighted by Crippen LogP contribution is -2.20. The van der Waals surface area contributed by atoms with Gasteiger partial charge in [-0.2, -0.15) is 13.2 Å². The molecule has 0 radical (unpaired) electrons. The van der Waals surface area contributed by atoms with Gasteiger partial charge in [0.25, 0.3) is 0 Å². The summed E-state index contributed by atoms with van der Waals surface area (Å²) in [5.74, 6) is 0.530. The second kappa shape index (κ2) is 5.50. The Hall–Kier alpha value is -2.08. The Bertz CT molecular complexity index is 599. The quantitative estimate of drug-likeness (QED) is 0.940. The third-order valence-electron chi connectivity index (χ3n) is 2.89. The number of aromatic nitrogens is 1. The summed E-state index contributed by atoms with van der Waals surface area (Å²) in [6.07, 6.45) is -3.19. The first-order chi connectivity index (χ1) is 9.43. The Labute approximate surface area is 114 Å². The van der Waals surface area contributed by atoms with Gasteiger partial charge < -0.3 is 10.5 Å². The van der Waals surface area contributed by atoms with Crippen LogP contribution in [0.4, 0.5) is 13.2 Å². The molecule has 20 heavy (non-hydrogen) atoms. The molecule has 0 saturated heterocycles. The predicted octanol–water partition coefficient (Wildman–Crippen LogP) is 3.16. The fourth-order valence-corrected chi connectivity index (χ4v) is 1.90. The minimum absolute atomic E-state index is 0.201. The van der Waals surface area contributed by atoms with Crippen LogP contribution in [0, 0.1) is 0 Å². The average molecular weight is 282 g/mol. The highest BCUT2D eigenvalue weighted by atomic mass is 19.4. The van der Waals surface area contributed by atoms with Gasteiger partial charge in [0.2, 0.25) is 0 Å². The minimum Gasteiger partial charge on any atom is -0.497 e. The molecule has 0 aliphatic heterocycles. The monoisotopic (exact) mass is 282 g/mol. The number of alkyl halides is 3. The summed E-state index contributed by atoms with van der Waals surface area (Å²) in [6, 6.07) is 7.85. The molecule has 2 N–H and O–H groups in total. The van der Waals surface area contributed by atoms with E-state index in [1.165, 1.54) is 19.4 Å². The highest BCUT2D eigenvalue weighted by molar-refractivity contribution is 5.37. The molecule has 2 rings (SSSR count). The van der Waals surface area contributed by atoms with Crippen LogP contribution in [-0.2, 0) is 6.18 Å². The number of halogens is 3. The van der Waals surface area contributed by atoms with Gasteiger partial charge >= 0.3 is 6.18 Å². The third kappa shape index (κ3) is 2.91. The molecule has 0 amide bonds. The first-order valence-electron chi connectivity index (χ1n) is 5.85. The van der Waals surface area contributed by atoms with Crippen LogP contribution in [0.5, 0.6) is 5.75 Å². The number of hydrogen-bond acceptors (Lipinski definition) is 3. The van der Waals surface area contributed by atoms with Crippen LogP contribution >= 0.6 is 0 Å². The van der Waals surface area contributed by atoms with Crippen molar-refractivity contribution >= 4 is 0 Å². The number of nitrogens with zero attached hydrogens (tertiary/aromatic N) is 1. The minimum atomic E-state index is -4.49. The Morgan fingerprint density at radius 3 is 2.60 bits per heavy atom. The fraction of sp³-hybridized carbons (Fsp3) is 0.214. The Morgan fingerprint density at radius 1 is 1.20 bits per heavy atom. The number of ether oxygens (including phenoxy) is 1. The number of benzene rings is 1. The van der Waals surface area contributed by atoms with Crippen molar-refractivity contribution < 1.29 is 17.9 Å². The second-order valence-corrected chi connectivity index (χ2v) is 4.19. The van der Waals surface area contributed by atoms with Crippen LogP contribution in [0.25, 0.3) is 0 Å². The first-order valence-corrected chi connectivity index (χ1v) is 5.85. The molecule has 1 unspecified atom stereocenters. The Morgan fingerprint density at radius 2 is 1.95 bits per heavy atom. The molecular formula is C14H13F3N2O. The van der Waals surface area contributed by atoms with Crippen LogP contribution in [0.3, 0.4) is 0 Å². The van der Waals surface area contributed by atoms with E-state index in [1.807, 2.05) is 0 Å². The molecule has 0 aliphatic carbocycles. The normalized spacial score (nSPS) is 13.1. The standard InChI is InChI=1S/C14H13F3N2O/c1-20-10-5-2-4-9(8-10)12(18)13-11(14(15,16)17)6-3-7-19-13/h2-8,12H,18H2,1H3. The lowest BCUT2D eigenvalue weighted by molar-refractivity contribution is -0.138. The lowest BCUT2D eigenvalue weighted by Gasteiger charge is -2.17.